The Morgan fingerprint density at radius 2 is 1.80 bits per heavy atom. The van der Waals surface area contributed by atoms with Gasteiger partial charge >= 0.3 is 0 Å². The van der Waals surface area contributed by atoms with Crippen LogP contribution in [0, 0.1) is 5.92 Å². The van der Waals surface area contributed by atoms with Gasteiger partial charge in [-0.2, -0.15) is 0 Å². The molecule has 2 aliphatic rings. The molecule has 0 atom stereocenters. The standard InChI is InChI=1S/C18H23N3O4/c1-13(22)20-7-9-21(10-8-20)17(23)12-25-16-4-2-3-15(11-16)19-18(24)14-5-6-14/h2-4,11,14H,5-10,12H2,1H3,(H,19,24). The molecule has 0 aromatic heterocycles. The molecule has 1 N–H and O–H groups in total. The lowest BCUT2D eigenvalue weighted by molar-refractivity contribution is -0.139. The summed E-state index contributed by atoms with van der Waals surface area (Å²) < 4.78 is 5.57. The summed E-state index contributed by atoms with van der Waals surface area (Å²) in [6.07, 6.45) is 1.90. The zero-order valence-electron chi connectivity index (χ0n) is 14.4. The van der Waals surface area contributed by atoms with Crippen LogP contribution in [0.1, 0.15) is 19.8 Å². The van der Waals surface area contributed by atoms with Gasteiger partial charge in [0.2, 0.25) is 11.8 Å². The molecular formula is C18H23N3O4. The Bertz CT molecular complexity index is 664. The fraction of sp³-hybridized carbons (Fsp3) is 0.500. The Balaban J connectivity index is 1.47. The third-order valence-electron chi connectivity index (χ3n) is 4.49. The van der Waals surface area contributed by atoms with E-state index in [1.807, 2.05) is 0 Å². The van der Waals surface area contributed by atoms with Crippen molar-refractivity contribution in [3.05, 3.63) is 24.3 Å². The maximum atomic E-state index is 12.2. The molecule has 25 heavy (non-hydrogen) atoms. The molecule has 134 valence electrons. The zero-order valence-corrected chi connectivity index (χ0v) is 14.4. The number of piperazine rings is 1. The molecule has 1 aliphatic carbocycles. The number of ether oxygens (including phenoxy) is 1. The average Bonchev–Trinajstić information content (AvgIpc) is 3.45. The average molecular weight is 345 g/mol. The van der Waals surface area contributed by atoms with Crippen molar-refractivity contribution in [3.63, 3.8) is 0 Å². The predicted molar refractivity (Wildman–Crippen MR) is 92.1 cm³/mol. The number of rotatable bonds is 5. The van der Waals surface area contributed by atoms with Gasteiger partial charge in [-0.1, -0.05) is 6.07 Å². The summed E-state index contributed by atoms with van der Waals surface area (Å²) in [7, 11) is 0. The van der Waals surface area contributed by atoms with Crippen molar-refractivity contribution in [2.45, 2.75) is 19.8 Å². The van der Waals surface area contributed by atoms with Gasteiger partial charge in [-0.25, -0.2) is 0 Å². The van der Waals surface area contributed by atoms with Crippen LogP contribution in [0.4, 0.5) is 5.69 Å². The maximum Gasteiger partial charge on any atom is 0.260 e. The van der Waals surface area contributed by atoms with Crippen molar-refractivity contribution < 1.29 is 19.1 Å². The maximum absolute atomic E-state index is 12.2. The zero-order chi connectivity index (χ0) is 17.8. The minimum absolute atomic E-state index is 0.0356. The number of nitrogens with one attached hydrogen (secondary N) is 1. The lowest BCUT2D eigenvalue weighted by Gasteiger charge is -2.34. The monoisotopic (exact) mass is 345 g/mol. The van der Waals surface area contributed by atoms with Crippen LogP contribution >= 0.6 is 0 Å². The van der Waals surface area contributed by atoms with E-state index >= 15 is 0 Å². The molecule has 0 unspecified atom stereocenters. The lowest BCUT2D eigenvalue weighted by Crippen LogP contribution is -2.51. The number of nitrogens with zero attached hydrogens (tertiary/aromatic N) is 2. The second-order valence-electron chi connectivity index (χ2n) is 6.47. The Labute approximate surface area is 146 Å². The quantitative estimate of drug-likeness (QED) is 0.867. The largest absolute Gasteiger partial charge is 0.484 e. The lowest BCUT2D eigenvalue weighted by atomic mass is 10.3. The smallest absolute Gasteiger partial charge is 0.260 e. The molecule has 1 aromatic rings. The van der Waals surface area contributed by atoms with Crippen LogP contribution in [0.25, 0.3) is 0 Å². The van der Waals surface area contributed by atoms with E-state index in [4.69, 9.17) is 4.74 Å². The molecule has 2 fully saturated rings. The van der Waals surface area contributed by atoms with E-state index in [1.165, 1.54) is 6.92 Å². The number of carbonyl (C=O) groups excluding carboxylic acids is 3. The van der Waals surface area contributed by atoms with E-state index in [2.05, 4.69) is 5.32 Å². The highest BCUT2D eigenvalue weighted by Gasteiger charge is 2.29. The second-order valence-corrected chi connectivity index (χ2v) is 6.47. The third-order valence-corrected chi connectivity index (χ3v) is 4.49. The number of hydrogen-bond acceptors (Lipinski definition) is 4. The van der Waals surface area contributed by atoms with E-state index in [9.17, 15) is 14.4 Å². The van der Waals surface area contributed by atoms with Crippen molar-refractivity contribution in [1.29, 1.82) is 0 Å². The molecule has 7 heteroatoms. The van der Waals surface area contributed by atoms with Gasteiger partial charge in [0.05, 0.1) is 0 Å². The van der Waals surface area contributed by atoms with Gasteiger partial charge in [-0.15, -0.1) is 0 Å². The highest BCUT2D eigenvalue weighted by molar-refractivity contribution is 5.94. The van der Waals surface area contributed by atoms with Gasteiger partial charge in [-0.05, 0) is 25.0 Å². The van der Waals surface area contributed by atoms with Crippen molar-refractivity contribution in [2.75, 3.05) is 38.1 Å². The third kappa shape index (κ3) is 4.71. The molecule has 0 bridgehead atoms. The van der Waals surface area contributed by atoms with Crippen LogP contribution in [0.3, 0.4) is 0 Å². The highest BCUT2D eigenvalue weighted by atomic mass is 16.5. The fourth-order valence-electron chi connectivity index (χ4n) is 2.76. The highest BCUT2D eigenvalue weighted by Crippen LogP contribution is 2.30. The molecule has 7 nitrogen and oxygen atoms in total. The first kappa shape index (κ1) is 17.3. The normalized spacial score (nSPS) is 17.2. The summed E-state index contributed by atoms with van der Waals surface area (Å²) in [6, 6.07) is 7.07. The van der Waals surface area contributed by atoms with Crippen molar-refractivity contribution in [2.24, 2.45) is 5.92 Å². The van der Waals surface area contributed by atoms with Crippen molar-refractivity contribution in [3.8, 4) is 5.75 Å². The van der Waals surface area contributed by atoms with E-state index < -0.39 is 0 Å². The van der Waals surface area contributed by atoms with Crippen LogP contribution in [-0.2, 0) is 14.4 Å². The molecule has 1 saturated heterocycles. The van der Waals surface area contributed by atoms with Gasteiger partial charge in [0.25, 0.3) is 5.91 Å². The summed E-state index contributed by atoms with van der Waals surface area (Å²) in [5.41, 5.74) is 0.678. The number of amides is 3. The van der Waals surface area contributed by atoms with Crippen LogP contribution in [-0.4, -0.2) is 60.3 Å². The van der Waals surface area contributed by atoms with Crippen LogP contribution < -0.4 is 10.1 Å². The summed E-state index contributed by atoms with van der Waals surface area (Å²) in [5, 5.41) is 2.86. The molecule has 3 rings (SSSR count). The SMILES string of the molecule is CC(=O)N1CCN(C(=O)COc2cccc(NC(=O)C3CC3)c2)CC1. The molecule has 1 heterocycles. The van der Waals surface area contributed by atoms with Crippen LogP contribution in [0.15, 0.2) is 24.3 Å². The van der Waals surface area contributed by atoms with Crippen molar-refractivity contribution >= 4 is 23.4 Å². The number of anilines is 1. The summed E-state index contributed by atoms with van der Waals surface area (Å²) in [6.45, 7) is 3.65. The first-order valence-corrected chi connectivity index (χ1v) is 8.60. The van der Waals surface area contributed by atoms with E-state index in [1.54, 1.807) is 34.1 Å². The first-order valence-electron chi connectivity index (χ1n) is 8.60. The Morgan fingerprint density at radius 1 is 1.12 bits per heavy atom. The number of carbonyl (C=O) groups is 3. The topological polar surface area (TPSA) is 79.0 Å². The Morgan fingerprint density at radius 3 is 2.44 bits per heavy atom. The van der Waals surface area contributed by atoms with E-state index in [0.29, 0.717) is 37.6 Å². The van der Waals surface area contributed by atoms with Crippen molar-refractivity contribution in [1.82, 2.24) is 9.80 Å². The first-order chi connectivity index (χ1) is 12.0. The summed E-state index contributed by atoms with van der Waals surface area (Å²) in [5.74, 6) is 0.657. The van der Waals surface area contributed by atoms with E-state index in [0.717, 1.165) is 12.8 Å². The number of benzene rings is 1. The fourth-order valence-corrected chi connectivity index (χ4v) is 2.76. The Kier molecular flexibility index (Phi) is 5.21. The van der Waals surface area contributed by atoms with Gasteiger partial charge in [0, 0.05) is 50.8 Å². The van der Waals surface area contributed by atoms with Gasteiger partial charge < -0.3 is 19.9 Å². The molecule has 0 radical (unpaired) electrons. The minimum Gasteiger partial charge on any atom is -0.484 e. The minimum atomic E-state index is -0.101. The molecule has 1 aliphatic heterocycles. The van der Waals surface area contributed by atoms with Crippen LogP contribution in [0.2, 0.25) is 0 Å². The van der Waals surface area contributed by atoms with Gasteiger partial charge in [-0.3, -0.25) is 14.4 Å². The Hall–Kier alpha value is -2.57. The molecule has 1 saturated carbocycles. The van der Waals surface area contributed by atoms with Gasteiger partial charge in [0.15, 0.2) is 6.61 Å². The van der Waals surface area contributed by atoms with Gasteiger partial charge in [0.1, 0.15) is 5.75 Å². The summed E-state index contributed by atoms with van der Waals surface area (Å²) >= 11 is 0. The molecular weight excluding hydrogens is 322 g/mol. The summed E-state index contributed by atoms with van der Waals surface area (Å²) in [4.78, 5) is 38.8. The number of hydrogen-bond donors (Lipinski definition) is 1. The second kappa shape index (κ2) is 7.55. The van der Waals surface area contributed by atoms with Crippen LogP contribution in [0.5, 0.6) is 5.75 Å². The predicted octanol–water partition coefficient (Wildman–Crippen LogP) is 1.10. The molecule has 0 spiro atoms. The molecule has 3 amide bonds. The molecule has 1 aromatic carbocycles. The van der Waals surface area contributed by atoms with E-state index in [-0.39, 0.29) is 30.2 Å².